The number of benzene rings is 12. The van der Waals surface area contributed by atoms with E-state index in [0.29, 0.717) is 0 Å². The molecular formula is C64H36O2S. The van der Waals surface area contributed by atoms with Crippen molar-refractivity contribution in [3.05, 3.63) is 218 Å². The standard InChI is InChI=1S/C64H36O2S/c1-3-18-40-38(16-1)58(39-17-2-4-19-41(39)59(40)49-27-14-32-55-62(49)47-24-9-11-30-53(47)65-55)37-34-35-57-52(36-37)46-26-13-29-51(64(46)67-57)61-44-22-7-5-20-42(44)60(43-21-6-8-23-45(43)61)50-28-15-33-56-63(50)48-25-10-12-31-54(48)66-56/h1-36H. The molecule has 0 saturated heterocycles. The van der Waals surface area contributed by atoms with Crippen LogP contribution in [0.3, 0.4) is 0 Å². The quantitative estimate of drug-likeness (QED) is 0.165. The van der Waals surface area contributed by atoms with Gasteiger partial charge in [0.25, 0.3) is 0 Å². The molecule has 15 aromatic rings. The molecule has 2 nitrogen and oxygen atoms in total. The zero-order chi connectivity index (χ0) is 43.7. The van der Waals surface area contributed by atoms with E-state index in [1.807, 2.05) is 23.5 Å². The molecule has 0 N–H and O–H groups in total. The zero-order valence-electron chi connectivity index (χ0n) is 36.0. The van der Waals surface area contributed by atoms with Crippen molar-refractivity contribution in [3.8, 4) is 44.5 Å². The Kier molecular flexibility index (Phi) is 7.69. The maximum absolute atomic E-state index is 6.43. The van der Waals surface area contributed by atoms with Crippen LogP contribution in [0.15, 0.2) is 227 Å². The Morgan fingerprint density at radius 3 is 1.09 bits per heavy atom. The Morgan fingerprint density at radius 1 is 0.254 bits per heavy atom. The Labute approximate surface area is 388 Å². The van der Waals surface area contributed by atoms with E-state index in [0.717, 1.165) is 43.9 Å². The third kappa shape index (κ3) is 5.20. The van der Waals surface area contributed by atoms with E-state index in [1.165, 1.54) is 108 Å². The summed E-state index contributed by atoms with van der Waals surface area (Å²) in [5, 5.41) is 17.0. The van der Waals surface area contributed by atoms with Crippen LogP contribution in [0.2, 0.25) is 0 Å². The molecular weight excluding hydrogens is 833 g/mol. The van der Waals surface area contributed by atoms with Crippen LogP contribution in [0.25, 0.3) is 152 Å². The fraction of sp³-hybridized carbons (Fsp3) is 0. The zero-order valence-corrected chi connectivity index (χ0v) is 36.8. The van der Waals surface area contributed by atoms with Gasteiger partial charge in [-0.3, -0.25) is 0 Å². The van der Waals surface area contributed by atoms with Gasteiger partial charge >= 0.3 is 0 Å². The summed E-state index contributed by atoms with van der Waals surface area (Å²) in [6, 6.07) is 79.7. The summed E-state index contributed by atoms with van der Waals surface area (Å²) in [6.45, 7) is 0. The maximum atomic E-state index is 6.43. The van der Waals surface area contributed by atoms with Gasteiger partial charge < -0.3 is 8.83 Å². The molecule has 0 fully saturated rings. The summed E-state index contributed by atoms with van der Waals surface area (Å²) in [5.41, 5.74) is 13.5. The van der Waals surface area contributed by atoms with Crippen molar-refractivity contribution in [2.75, 3.05) is 0 Å². The Balaban J connectivity index is 0.965. The minimum Gasteiger partial charge on any atom is -0.456 e. The van der Waals surface area contributed by atoms with Crippen LogP contribution in [0.1, 0.15) is 0 Å². The lowest BCUT2D eigenvalue weighted by atomic mass is 9.84. The van der Waals surface area contributed by atoms with Crippen molar-refractivity contribution in [1.82, 2.24) is 0 Å². The Bertz CT molecular complexity index is 4470. The number of furan rings is 2. The molecule has 0 aliphatic heterocycles. The summed E-state index contributed by atoms with van der Waals surface area (Å²) in [6.07, 6.45) is 0. The lowest BCUT2D eigenvalue weighted by Gasteiger charge is -2.18. The number of rotatable bonds is 4. The number of thiophene rings is 1. The van der Waals surface area contributed by atoms with Crippen LogP contribution in [0.4, 0.5) is 0 Å². The average Bonchev–Trinajstić information content (AvgIpc) is 4.09. The summed E-state index contributed by atoms with van der Waals surface area (Å²) in [7, 11) is 0. The Hall–Kier alpha value is -8.50. The second-order valence-corrected chi connectivity index (χ2v) is 18.8. The molecule has 0 aliphatic carbocycles. The minimum atomic E-state index is 0.905. The van der Waals surface area contributed by atoms with Gasteiger partial charge in [0.15, 0.2) is 0 Å². The maximum Gasteiger partial charge on any atom is 0.136 e. The van der Waals surface area contributed by atoms with Crippen molar-refractivity contribution < 1.29 is 8.83 Å². The molecule has 0 amide bonds. The number of hydrogen-bond acceptors (Lipinski definition) is 3. The van der Waals surface area contributed by atoms with Gasteiger partial charge in [0.1, 0.15) is 22.3 Å². The van der Waals surface area contributed by atoms with E-state index in [9.17, 15) is 0 Å². The lowest BCUT2D eigenvalue weighted by Crippen LogP contribution is -1.91. The predicted octanol–water partition coefficient (Wildman–Crippen LogP) is 19.1. The van der Waals surface area contributed by atoms with Gasteiger partial charge in [-0.25, -0.2) is 0 Å². The highest BCUT2D eigenvalue weighted by atomic mass is 32.1. The van der Waals surface area contributed by atoms with Gasteiger partial charge in [0.05, 0.1) is 0 Å². The van der Waals surface area contributed by atoms with Crippen LogP contribution >= 0.6 is 11.3 Å². The lowest BCUT2D eigenvalue weighted by molar-refractivity contribution is 0.668. The molecule has 0 radical (unpaired) electrons. The molecule has 15 rings (SSSR count). The molecule has 3 heterocycles. The summed E-state index contributed by atoms with van der Waals surface area (Å²) in [5.74, 6) is 0. The molecule has 0 aliphatic rings. The molecule has 0 atom stereocenters. The first-order valence-corrected chi connectivity index (χ1v) is 23.7. The van der Waals surface area contributed by atoms with Crippen LogP contribution in [0, 0.1) is 0 Å². The SMILES string of the molecule is c1ccc2c(c1)oc1cccc(-c3c4ccccc4c(-c4ccc5sc6c(-c7c8ccccc8c(-c8cccc9oc%10ccccc%10c89)c8ccccc78)cccc6c5c4)c4ccccc34)c12. The first-order chi connectivity index (χ1) is 33.3. The third-order valence-corrected chi connectivity index (χ3v) is 15.5. The van der Waals surface area contributed by atoms with Gasteiger partial charge in [0, 0.05) is 47.3 Å². The van der Waals surface area contributed by atoms with Crippen molar-refractivity contribution in [2.24, 2.45) is 0 Å². The first-order valence-electron chi connectivity index (χ1n) is 22.9. The fourth-order valence-corrected chi connectivity index (χ4v) is 12.8. The monoisotopic (exact) mass is 868 g/mol. The topological polar surface area (TPSA) is 26.3 Å². The largest absolute Gasteiger partial charge is 0.456 e. The fourth-order valence-electron chi connectivity index (χ4n) is 11.6. The van der Waals surface area contributed by atoms with Gasteiger partial charge in [-0.1, -0.05) is 182 Å². The van der Waals surface area contributed by atoms with E-state index in [4.69, 9.17) is 8.83 Å². The average molecular weight is 869 g/mol. The first kappa shape index (κ1) is 36.8. The van der Waals surface area contributed by atoms with Crippen molar-refractivity contribution in [2.45, 2.75) is 0 Å². The number of fused-ring (bicyclic) bond motifs is 13. The molecule has 12 aromatic carbocycles. The molecule has 310 valence electrons. The molecule has 0 spiro atoms. The third-order valence-electron chi connectivity index (χ3n) is 14.3. The van der Waals surface area contributed by atoms with E-state index in [-0.39, 0.29) is 0 Å². The number of para-hydroxylation sites is 2. The normalized spacial score (nSPS) is 12.2. The number of hydrogen-bond donors (Lipinski definition) is 0. The van der Waals surface area contributed by atoms with Gasteiger partial charge in [-0.15, -0.1) is 11.3 Å². The van der Waals surface area contributed by atoms with Crippen molar-refractivity contribution >= 4 is 118 Å². The van der Waals surface area contributed by atoms with Crippen molar-refractivity contribution in [3.63, 3.8) is 0 Å². The van der Waals surface area contributed by atoms with E-state index in [2.05, 4.69) is 206 Å². The van der Waals surface area contributed by atoms with E-state index < -0.39 is 0 Å². The second-order valence-electron chi connectivity index (χ2n) is 17.7. The summed E-state index contributed by atoms with van der Waals surface area (Å²) < 4.78 is 15.4. The van der Waals surface area contributed by atoms with Crippen LogP contribution in [-0.4, -0.2) is 0 Å². The molecule has 3 heteroatoms. The van der Waals surface area contributed by atoms with Gasteiger partial charge in [-0.05, 0) is 118 Å². The van der Waals surface area contributed by atoms with Gasteiger partial charge in [-0.2, -0.15) is 0 Å². The molecule has 67 heavy (non-hydrogen) atoms. The smallest absolute Gasteiger partial charge is 0.136 e. The second kappa shape index (κ2) is 14.0. The highest BCUT2D eigenvalue weighted by molar-refractivity contribution is 7.26. The minimum absolute atomic E-state index is 0.905. The van der Waals surface area contributed by atoms with E-state index >= 15 is 0 Å². The van der Waals surface area contributed by atoms with Crippen LogP contribution < -0.4 is 0 Å². The predicted molar refractivity (Wildman–Crippen MR) is 286 cm³/mol. The molecule has 0 saturated carbocycles. The summed E-state index contributed by atoms with van der Waals surface area (Å²) in [4.78, 5) is 0. The van der Waals surface area contributed by atoms with Crippen LogP contribution in [0.5, 0.6) is 0 Å². The van der Waals surface area contributed by atoms with Gasteiger partial charge in [0.2, 0.25) is 0 Å². The Morgan fingerprint density at radius 2 is 0.612 bits per heavy atom. The summed E-state index contributed by atoms with van der Waals surface area (Å²) >= 11 is 1.90. The van der Waals surface area contributed by atoms with Crippen molar-refractivity contribution in [1.29, 1.82) is 0 Å². The van der Waals surface area contributed by atoms with Crippen LogP contribution in [-0.2, 0) is 0 Å². The highest BCUT2D eigenvalue weighted by Gasteiger charge is 2.24. The molecule has 0 bridgehead atoms. The molecule has 3 aromatic heterocycles. The molecule has 0 unspecified atom stereocenters. The highest BCUT2D eigenvalue weighted by Crippen LogP contribution is 2.51. The van der Waals surface area contributed by atoms with E-state index in [1.54, 1.807) is 0 Å².